The average molecular weight is 279 g/mol. The van der Waals surface area contributed by atoms with Crippen molar-refractivity contribution in [2.75, 3.05) is 13.4 Å². The van der Waals surface area contributed by atoms with Crippen LogP contribution in [0.1, 0.15) is 31.7 Å². The van der Waals surface area contributed by atoms with Gasteiger partial charge in [0.2, 0.25) is 6.79 Å². The fourth-order valence-corrected chi connectivity index (χ4v) is 2.08. The molecule has 0 aromatic heterocycles. The third kappa shape index (κ3) is 3.16. The second-order valence-electron chi connectivity index (χ2n) is 5.34. The van der Waals surface area contributed by atoms with Crippen molar-refractivity contribution >= 4 is 0 Å². The maximum absolute atomic E-state index is 9.64. The summed E-state index contributed by atoms with van der Waals surface area (Å²) in [7, 11) is 0. The normalized spacial score (nSPS) is 18.1. The average Bonchev–Trinajstić information content (AvgIpc) is 3.19. The molecule has 1 unspecified atom stereocenters. The highest BCUT2D eigenvalue weighted by atomic mass is 16.7. The maximum Gasteiger partial charge on any atom is 0.231 e. The molecular formula is C15H21NO4. The molecule has 1 aromatic rings. The van der Waals surface area contributed by atoms with E-state index in [9.17, 15) is 5.11 Å². The third-order valence-corrected chi connectivity index (χ3v) is 3.62. The molecule has 1 saturated carbocycles. The Labute approximate surface area is 118 Å². The lowest BCUT2D eigenvalue weighted by atomic mass is 10.1. The molecule has 1 aliphatic heterocycles. The molecule has 5 nitrogen and oxygen atoms in total. The van der Waals surface area contributed by atoms with Gasteiger partial charge in [0.05, 0.1) is 6.10 Å². The summed E-state index contributed by atoms with van der Waals surface area (Å²) in [4.78, 5) is 0. The highest BCUT2D eigenvalue weighted by Gasteiger charge is 2.23. The van der Waals surface area contributed by atoms with E-state index in [0.29, 0.717) is 24.8 Å². The van der Waals surface area contributed by atoms with Crippen molar-refractivity contribution in [2.24, 2.45) is 0 Å². The maximum atomic E-state index is 9.64. The van der Waals surface area contributed by atoms with Gasteiger partial charge in [0.1, 0.15) is 12.4 Å². The Bertz CT molecular complexity index is 473. The van der Waals surface area contributed by atoms with Gasteiger partial charge in [0, 0.05) is 24.2 Å². The Balaban J connectivity index is 1.73. The highest BCUT2D eigenvalue weighted by molar-refractivity contribution is 5.51. The smallest absolute Gasteiger partial charge is 0.231 e. The topological polar surface area (TPSA) is 60.0 Å². The molecule has 0 radical (unpaired) electrons. The molecule has 1 aliphatic carbocycles. The molecule has 2 aliphatic rings. The van der Waals surface area contributed by atoms with Crippen molar-refractivity contribution in [3.63, 3.8) is 0 Å². The largest absolute Gasteiger partial charge is 0.490 e. The summed E-state index contributed by atoms with van der Waals surface area (Å²) in [6, 6.07) is 4.45. The number of ether oxygens (including phenoxy) is 3. The molecule has 2 N–H and O–H groups in total. The molecule has 5 heteroatoms. The molecule has 0 bridgehead atoms. The Kier molecular flexibility index (Phi) is 3.98. The van der Waals surface area contributed by atoms with Crippen LogP contribution in [0.5, 0.6) is 17.2 Å². The van der Waals surface area contributed by atoms with Gasteiger partial charge in [-0.15, -0.1) is 0 Å². The lowest BCUT2D eigenvalue weighted by Crippen LogP contribution is -2.19. The van der Waals surface area contributed by atoms with E-state index in [-0.39, 0.29) is 6.79 Å². The zero-order valence-corrected chi connectivity index (χ0v) is 11.7. The first kappa shape index (κ1) is 13.5. The highest BCUT2D eigenvalue weighted by Crippen LogP contribution is 2.38. The van der Waals surface area contributed by atoms with Gasteiger partial charge in [-0.2, -0.15) is 0 Å². The minimum absolute atomic E-state index is 0.256. The number of fused-ring (bicyclic) bond motifs is 1. The molecular weight excluding hydrogens is 258 g/mol. The van der Waals surface area contributed by atoms with Crippen LogP contribution in [0.25, 0.3) is 0 Å². The van der Waals surface area contributed by atoms with Crippen molar-refractivity contribution in [3.8, 4) is 17.2 Å². The molecule has 20 heavy (non-hydrogen) atoms. The van der Waals surface area contributed by atoms with Crippen molar-refractivity contribution < 1.29 is 19.3 Å². The van der Waals surface area contributed by atoms with Crippen molar-refractivity contribution in [1.29, 1.82) is 0 Å². The predicted molar refractivity (Wildman–Crippen MR) is 74.2 cm³/mol. The summed E-state index contributed by atoms with van der Waals surface area (Å²) >= 11 is 0. The molecule has 0 saturated heterocycles. The summed E-state index contributed by atoms with van der Waals surface area (Å²) in [5, 5.41) is 13.1. The lowest BCUT2D eigenvalue weighted by Gasteiger charge is -2.15. The zero-order chi connectivity index (χ0) is 13.9. The van der Waals surface area contributed by atoms with E-state index < -0.39 is 6.10 Å². The van der Waals surface area contributed by atoms with Crippen LogP contribution in [0, 0.1) is 0 Å². The fraction of sp³-hybridized carbons (Fsp3) is 0.600. The lowest BCUT2D eigenvalue weighted by molar-refractivity contribution is 0.103. The van der Waals surface area contributed by atoms with E-state index in [1.807, 2.05) is 19.1 Å². The molecule has 1 fully saturated rings. The zero-order valence-electron chi connectivity index (χ0n) is 11.7. The van der Waals surface area contributed by atoms with Crippen molar-refractivity contribution in [3.05, 3.63) is 17.7 Å². The van der Waals surface area contributed by atoms with Gasteiger partial charge < -0.3 is 24.6 Å². The predicted octanol–water partition coefficient (Wildman–Crippen LogP) is 1.82. The second kappa shape index (κ2) is 5.89. The Morgan fingerprint density at radius 3 is 2.80 bits per heavy atom. The van der Waals surface area contributed by atoms with Gasteiger partial charge in [-0.3, -0.25) is 0 Å². The van der Waals surface area contributed by atoms with Crippen molar-refractivity contribution in [1.82, 2.24) is 5.32 Å². The van der Waals surface area contributed by atoms with Crippen LogP contribution < -0.4 is 19.5 Å². The SMILES string of the molecule is CCC(O)COc1cc2c(cc1CNC1CC1)OCO2. The second-order valence-corrected chi connectivity index (χ2v) is 5.34. The van der Waals surface area contributed by atoms with E-state index in [1.54, 1.807) is 0 Å². The van der Waals surface area contributed by atoms with Gasteiger partial charge in [-0.25, -0.2) is 0 Å². The minimum atomic E-state index is -0.440. The monoisotopic (exact) mass is 279 g/mol. The summed E-state index contributed by atoms with van der Waals surface area (Å²) in [6.45, 7) is 3.24. The van der Waals surface area contributed by atoms with Gasteiger partial charge >= 0.3 is 0 Å². The number of aliphatic hydroxyl groups excluding tert-OH is 1. The molecule has 0 amide bonds. The molecule has 3 rings (SSSR count). The first-order valence-electron chi connectivity index (χ1n) is 7.23. The molecule has 1 atom stereocenters. The van der Waals surface area contributed by atoms with Gasteiger partial charge in [-0.05, 0) is 25.3 Å². The summed E-state index contributed by atoms with van der Waals surface area (Å²) in [5.41, 5.74) is 1.05. The summed E-state index contributed by atoms with van der Waals surface area (Å²) < 4.78 is 16.5. The van der Waals surface area contributed by atoms with Crippen LogP contribution >= 0.6 is 0 Å². The van der Waals surface area contributed by atoms with Gasteiger partial charge in [0.15, 0.2) is 11.5 Å². The molecule has 1 heterocycles. The fourth-order valence-electron chi connectivity index (χ4n) is 2.08. The Morgan fingerprint density at radius 1 is 1.35 bits per heavy atom. The summed E-state index contributed by atoms with van der Waals surface area (Å²) in [6.07, 6.45) is 2.73. The van der Waals surface area contributed by atoms with Gasteiger partial charge in [-0.1, -0.05) is 6.92 Å². The van der Waals surface area contributed by atoms with E-state index in [2.05, 4.69) is 5.32 Å². The first-order chi connectivity index (χ1) is 9.76. The van der Waals surface area contributed by atoms with E-state index in [4.69, 9.17) is 14.2 Å². The quantitative estimate of drug-likeness (QED) is 0.797. The van der Waals surface area contributed by atoms with Crippen LogP contribution in [-0.2, 0) is 6.54 Å². The number of nitrogens with one attached hydrogen (secondary N) is 1. The van der Waals surface area contributed by atoms with Crippen LogP contribution in [0.3, 0.4) is 0 Å². The molecule has 0 spiro atoms. The molecule has 1 aromatic carbocycles. The standard InChI is InChI=1S/C15H21NO4/c1-2-12(17)8-18-13-6-15-14(19-9-20-15)5-10(13)7-16-11-3-4-11/h5-6,11-12,16-17H,2-4,7-9H2,1H3. The first-order valence-corrected chi connectivity index (χ1v) is 7.23. The van der Waals surface area contributed by atoms with Crippen LogP contribution in [0.2, 0.25) is 0 Å². The number of rotatable bonds is 7. The van der Waals surface area contributed by atoms with Crippen LogP contribution in [0.15, 0.2) is 12.1 Å². The van der Waals surface area contributed by atoms with Crippen LogP contribution in [0.4, 0.5) is 0 Å². The van der Waals surface area contributed by atoms with E-state index in [0.717, 1.165) is 23.6 Å². The number of benzene rings is 1. The Hall–Kier alpha value is -1.46. The van der Waals surface area contributed by atoms with E-state index >= 15 is 0 Å². The van der Waals surface area contributed by atoms with Crippen molar-refractivity contribution in [2.45, 2.75) is 44.9 Å². The van der Waals surface area contributed by atoms with E-state index in [1.165, 1.54) is 12.8 Å². The number of hydrogen-bond acceptors (Lipinski definition) is 5. The number of aliphatic hydroxyl groups is 1. The van der Waals surface area contributed by atoms with Crippen LogP contribution in [-0.4, -0.2) is 30.7 Å². The Morgan fingerprint density at radius 2 is 2.10 bits per heavy atom. The third-order valence-electron chi connectivity index (χ3n) is 3.62. The number of hydrogen-bond donors (Lipinski definition) is 2. The minimum Gasteiger partial charge on any atom is -0.490 e. The molecule has 110 valence electrons. The van der Waals surface area contributed by atoms with Gasteiger partial charge in [0.25, 0.3) is 0 Å². The summed E-state index contributed by atoms with van der Waals surface area (Å²) in [5.74, 6) is 2.23.